The molecule has 0 unspecified atom stereocenters. The van der Waals surface area contributed by atoms with Crippen LogP contribution < -0.4 is 0 Å². The zero-order chi connectivity index (χ0) is 16.3. The zero-order valence-electron chi connectivity index (χ0n) is 13.6. The molecular formula is C20H16N4. The van der Waals surface area contributed by atoms with Gasteiger partial charge in [-0.15, -0.1) is 0 Å². The second-order valence-electron chi connectivity index (χ2n) is 6.31. The molecule has 3 heterocycles. The predicted octanol–water partition coefficient (Wildman–Crippen LogP) is 3.96. The first kappa shape index (κ1) is 13.4. The lowest BCUT2D eigenvalue weighted by Gasteiger charge is -2.27. The highest BCUT2D eigenvalue weighted by molar-refractivity contribution is 6.18. The molecule has 2 aromatic carbocycles. The number of hydrogen-bond acceptors (Lipinski definition) is 3. The molecule has 0 N–H and O–H groups in total. The number of aromatic nitrogens is 2. The van der Waals surface area contributed by atoms with Crippen LogP contribution in [0.4, 0.5) is 0 Å². The number of nitrogens with zero attached hydrogens (tertiary/aromatic N) is 4. The van der Waals surface area contributed by atoms with Crippen molar-refractivity contribution in [1.29, 1.82) is 0 Å². The largest absolute Gasteiger partial charge is 0.283 e. The standard InChI is InChI=1S/C20H16N4/c1-13-5-3-7-15-17(13)18-14(2)6-4-8-16(18)20(22-9-10-23-20)24-12-11-21-19(15)24/h3-12H,1-2H3. The molecule has 4 heteroatoms. The molecule has 116 valence electrons. The Bertz CT molecular complexity index is 1030. The molecule has 0 saturated carbocycles. The van der Waals surface area contributed by atoms with Crippen LogP contribution in [0.3, 0.4) is 0 Å². The SMILES string of the molecule is Cc1cccc2c1-c1c(C)cccc1C1(N=CC=N1)n1ccnc1-2. The minimum atomic E-state index is -0.793. The van der Waals surface area contributed by atoms with Crippen molar-refractivity contribution < 1.29 is 0 Å². The van der Waals surface area contributed by atoms with Crippen LogP contribution in [-0.4, -0.2) is 22.0 Å². The maximum absolute atomic E-state index is 4.77. The summed E-state index contributed by atoms with van der Waals surface area (Å²) in [5.74, 6) is 0.110. The Morgan fingerprint density at radius 1 is 0.875 bits per heavy atom. The lowest BCUT2D eigenvalue weighted by Crippen LogP contribution is -2.29. The van der Waals surface area contributed by atoms with Gasteiger partial charge in [-0.3, -0.25) is 4.57 Å². The van der Waals surface area contributed by atoms with E-state index in [2.05, 4.69) is 59.8 Å². The second kappa shape index (κ2) is 4.51. The maximum Gasteiger partial charge on any atom is 0.260 e. The highest BCUT2D eigenvalue weighted by Crippen LogP contribution is 2.48. The summed E-state index contributed by atoms with van der Waals surface area (Å²) < 4.78 is 2.08. The average molecular weight is 312 g/mol. The van der Waals surface area contributed by atoms with Gasteiger partial charge in [0, 0.05) is 35.9 Å². The summed E-state index contributed by atoms with van der Waals surface area (Å²) in [7, 11) is 0. The van der Waals surface area contributed by atoms with Crippen molar-refractivity contribution in [2.75, 3.05) is 0 Å². The summed E-state index contributed by atoms with van der Waals surface area (Å²) >= 11 is 0. The van der Waals surface area contributed by atoms with Gasteiger partial charge in [0.15, 0.2) is 0 Å². The molecule has 4 nitrogen and oxygen atoms in total. The Morgan fingerprint density at radius 3 is 2.38 bits per heavy atom. The Balaban J connectivity index is 2.05. The predicted molar refractivity (Wildman–Crippen MR) is 96.6 cm³/mol. The number of hydrogen-bond donors (Lipinski definition) is 0. The van der Waals surface area contributed by atoms with Gasteiger partial charge in [0.25, 0.3) is 5.79 Å². The zero-order valence-corrected chi connectivity index (χ0v) is 13.6. The minimum Gasteiger partial charge on any atom is -0.283 e. The fraction of sp³-hybridized carbons (Fsp3) is 0.150. The molecular weight excluding hydrogens is 296 g/mol. The molecule has 0 saturated heterocycles. The van der Waals surface area contributed by atoms with Gasteiger partial charge in [-0.1, -0.05) is 36.4 Å². The first-order valence-electron chi connectivity index (χ1n) is 8.06. The monoisotopic (exact) mass is 312 g/mol. The Labute approximate surface area is 140 Å². The molecule has 3 aromatic rings. The Kier molecular flexibility index (Phi) is 2.52. The van der Waals surface area contributed by atoms with Gasteiger partial charge in [0.1, 0.15) is 5.82 Å². The molecule has 1 spiro atoms. The van der Waals surface area contributed by atoms with Crippen molar-refractivity contribution >= 4 is 12.4 Å². The first-order valence-corrected chi connectivity index (χ1v) is 8.06. The van der Waals surface area contributed by atoms with E-state index in [0.717, 1.165) is 17.0 Å². The fourth-order valence-corrected chi connectivity index (χ4v) is 3.92. The average Bonchev–Trinajstić information content (AvgIpc) is 3.23. The molecule has 0 amide bonds. The molecule has 0 radical (unpaired) electrons. The van der Waals surface area contributed by atoms with Crippen molar-refractivity contribution in [2.24, 2.45) is 9.98 Å². The summed E-state index contributed by atoms with van der Waals surface area (Å²) in [6, 6.07) is 12.7. The van der Waals surface area contributed by atoms with E-state index < -0.39 is 5.79 Å². The third-order valence-corrected chi connectivity index (χ3v) is 4.95. The topological polar surface area (TPSA) is 42.5 Å². The summed E-state index contributed by atoms with van der Waals surface area (Å²) in [6.07, 6.45) is 7.35. The van der Waals surface area contributed by atoms with Gasteiger partial charge in [-0.05, 0) is 36.1 Å². The van der Waals surface area contributed by atoms with Crippen LogP contribution in [0.15, 0.2) is 58.8 Å². The third-order valence-electron chi connectivity index (χ3n) is 4.95. The van der Waals surface area contributed by atoms with E-state index in [4.69, 9.17) is 9.98 Å². The number of aryl methyl sites for hydroxylation is 2. The van der Waals surface area contributed by atoms with E-state index in [9.17, 15) is 0 Å². The van der Waals surface area contributed by atoms with Crippen molar-refractivity contribution in [3.05, 3.63) is 65.5 Å². The van der Waals surface area contributed by atoms with Crippen LogP contribution >= 0.6 is 0 Å². The molecule has 2 aliphatic rings. The first-order chi connectivity index (χ1) is 11.7. The Hall–Kier alpha value is -3.01. The number of fused-ring (bicyclic) bond motifs is 7. The van der Waals surface area contributed by atoms with E-state index in [-0.39, 0.29) is 0 Å². The van der Waals surface area contributed by atoms with Crippen LogP contribution in [0, 0.1) is 13.8 Å². The summed E-state index contributed by atoms with van der Waals surface area (Å²) in [5.41, 5.74) is 7.13. The Morgan fingerprint density at radius 2 is 1.58 bits per heavy atom. The van der Waals surface area contributed by atoms with Gasteiger partial charge >= 0.3 is 0 Å². The van der Waals surface area contributed by atoms with E-state index in [0.29, 0.717) is 0 Å². The molecule has 0 aliphatic carbocycles. The summed E-state index contributed by atoms with van der Waals surface area (Å²) in [4.78, 5) is 14.2. The quantitative estimate of drug-likeness (QED) is 0.619. The van der Waals surface area contributed by atoms with Crippen LogP contribution in [0.1, 0.15) is 16.7 Å². The van der Waals surface area contributed by atoms with Crippen LogP contribution in [0.25, 0.3) is 22.5 Å². The molecule has 1 aromatic heterocycles. The molecule has 24 heavy (non-hydrogen) atoms. The van der Waals surface area contributed by atoms with Crippen LogP contribution in [0.2, 0.25) is 0 Å². The van der Waals surface area contributed by atoms with Crippen LogP contribution in [0.5, 0.6) is 0 Å². The smallest absolute Gasteiger partial charge is 0.260 e. The van der Waals surface area contributed by atoms with Crippen LogP contribution in [-0.2, 0) is 5.79 Å². The normalized spacial score (nSPS) is 15.9. The van der Waals surface area contributed by atoms with E-state index in [1.165, 1.54) is 22.3 Å². The lowest BCUT2D eigenvalue weighted by molar-refractivity contribution is 0.409. The van der Waals surface area contributed by atoms with Gasteiger partial charge < -0.3 is 0 Å². The van der Waals surface area contributed by atoms with Gasteiger partial charge in [0.05, 0.1) is 0 Å². The molecule has 2 aliphatic heterocycles. The maximum atomic E-state index is 4.77. The number of benzene rings is 2. The second-order valence-corrected chi connectivity index (χ2v) is 6.31. The summed E-state index contributed by atoms with van der Waals surface area (Å²) in [6.45, 7) is 4.31. The summed E-state index contributed by atoms with van der Waals surface area (Å²) in [5, 5.41) is 0. The number of rotatable bonds is 0. The van der Waals surface area contributed by atoms with E-state index >= 15 is 0 Å². The highest BCUT2D eigenvalue weighted by atomic mass is 15.4. The van der Waals surface area contributed by atoms with Crippen molar-refractivity contribution in [2.45, 2.75) is 19.6 Å². The highest BCUT2D eigenvalue weighted by Gasteiger charge is 2.41. The molecule has 5 rings (SSSR count). The van der Waals surface area contributed by atoms with Crippen molar-refractivity contribution in [3.8, 4) is 22.5 Å². The number of imidazole rings is 1. The van der Waals surface area contributed by atoms with Gasteiger partial charge in [-0.2, -0.15) is 0 Å². The lowest BCUT2D eigenvalue weighted by atomic mass is 9.87. The fourth-order valence-electron chi connectivity index (χ4n) is 3.92. The minimum absolute atomic E-state index is 0.793. The molecule has 0 fully saturated rings. The van der Waals surface area contributed by atoms with E-state index in [1.54, 1.807) is 12.4 Å². The van der Waals surface area contributed by atoms with Gasteiger partial charge in [-0.25, -0.2) is 15.0 Å². The van der Waals surface area contributed by atoms with Crippen molar-refractivity contribution in [3.63, 3.8) is 0 Å². The van der Waals surface area contributed by atoms with E-state index in [1.807, 2.05) is 12.4 Å². The van der Waals surface area contributed by atoms with Crippen molar-refractivity contribution in [1.82, 2.24) is 9.55 Å². The number of aliphatic imine (C=N–C) groups is 2. The third kappa shape index (κ3) is 1.50. The van der Waals surface area contributed by atoms with Gasteiger partial charge in [0.2, 0.25) is 0 Å². The molecule has 0 bridgehead atoms. The molecule has 0 atom stereocenters.